The number of nitrogens with zero attached hydrogens (tertiary/aromatic N) is 1. The van der Waals surface area contributed by atoms with E-state index in [1.807, 2.05) is 26.0 Å². The van der Waals surface area contributed by atoms with E-state index in [4.69, 9.17) is 10.5 Å². The fraction of sp³-hybridized carbons (Fsp3) is 0.600. The first-order valence-corrected chi connectivity index (χ1v) is 8.08. The number of hydrogen-bond donors (Lipinski definition) is 1. The second-order valence-corrected chi connectivity index (χ2v) is 6.61. The van der Waals surface area contributed by atoms with Gasteiger partial charge in [0, 0.05) is 24.1 Å². The maximum Gasteiger partial charge on any atom is 0.144 e. The van der Waals surface area contributed by atoms with Gasteiger partial charge in [0.2, 0.25) is 0 Å². The van der Waals surface area contributed by atoms with Gasteiger partial charge in [-0.1, -0.05) is 13.0 Å². The molecule has 1 fully saturated rings. The van der Waals surface area contributed by atoms with Crippen molar-refractivity contribution in [3.05, 3.63) is 18.2 Å². The van der Waals surface area contributed by atoms with E-state index in [1.165, 1.54) is 12.2 Å². The van der Waals surface area contributed by atoms with Crippen molar-refractivity contribution in [1.82, 2.24) is 0 Å². The number of benzene rings is 1. The van der Waals surface area contributed by atoms with Gasteiger partial charge in [-0.2, -0.15) is 11.8 Å². The van der Waals surface area contributed by atoms with E-state index in [0.717, 1.165) is 30.2 Å². The van der Waals surface area contributed by atoms with Crippen LogP contribution in [-0.2, 0) is 0 Å². The Hall–Kier alpha value is -1.03. The second-order valence-electron chi connectivity index (χ2n) is 5.20. The monoisotopic (exact) mass is 280 g/mol. The summed E-state index contributed by atoms with van der Waals surface area (Å²) in [6.45, 7) is 8.45. The zero-order chi connectivity index (χ0) is 13.8. The molecule has 0 aromatic heterocycles. The highest BCUT2D eigenvalue weighted by atomic mass is 32.2. The predicted molar refractivity (Wildman–Crippen MR) is 85.4 cm³/mol. The van der Waals surface area contributed by atoms with Gasteiger partial charge in [0.25, 0.3) is 0 Å². The zero-order valence-corrected chi connectivity index (χ0v) is 12.9. The third-order valence-electron chi connectivity index (χ3n) is 3.34. The molecule has 0 aliphatic carbocycles. The lowest BCUT2D eigenvalue weighted by atomic mass is 10.2. The number of rotatable bonds is 4. The van der Waals surface area contributed by atoms with Gasteiger partial charge in [-0.05, 0) is 32.4 Å². The number of nitrogens with two attached hydrogens (primary N) is 1. The van der Waals surface area contributed by atoms with Crippen LogP contribution in [0.25, 0.3) is 0 Å². The summed E-state index contributed by atoms with van der Waals surface area (Å²) in [5, 5.41) is 0.711. The average Bonchev–Trinajstić information content (AvgIpc) is 2.41. The summed E-state index contributed by atoms with van der Waals surface area (Å²) >= 11 is 2.07. The molecule has 19 heavy (non-hydrogen) atoms. The summed E-state index contributed by atoms with van der Waals surface area (Å²) < 4.78 is 5.77. The molecule has 1 aromatic carbocycles. The Balaban J connectivity index is 2.19. The first-order valence-electron chi connectivity index (χ1n) is 7.03. The van der Waals surface area contributed by atoms with Crippen LogP contribution in [0.1, 0.15) is 27.2 Å². The molecule has 0 radical (unpaired) electrons. The fourth-order valence-corrected chi connectivity index (χ4v) is 3.53. The van der Waals surface area contributed by atoms with Crippen molar-refractivity contribution in [3.63, 3.8) is 0 Å². The summed E-state index contributed by atoms with van der Waals surface area (Å²) in [6.07, 6.45) is 1.36. The number of ether oxygens (including phenoxy) is 1. The Morgan fingerprint density at radius 1 is 1.47 bits per heavy atom. The largest absolute Gasteiger partial charge is 0.489 e. The molecule has 3 nitrogen and oxygen atoms in total. The SMILES string of the molecule is CCC1CN(c2cccc(OC(C)C)c2N)CCS1. The van der Waals surface area contributed by atoms with E-state index in [9.17, 15) is 0 Å². The molecular formula is C15H24N2OS. The van der Waals surface area contributed by atoms with Crippen LogP contribution in [-0.4, -0.2) is 30.2 Å². The van der Waals surface area contributed by atoms with Gasteiger partial charge >= 0.3 is 0 Å². The van der Waals surface area contributed by atoms with Crippen molar-refractivity contribution >= 4 is 23.1 Å². The van der Waals surface area contributed by atoms with Crippen molar-refractivity contribution in [3.8, 4) is 5.75 Å². The molecule has 1 saturated heterocycles. The standard InChI is InChI=1S/C15H24N2OS/c1-4-12-10-17(8-9-19-12)13-6-5-7-14(15(13)16)18-11(2)3/h5-7,11-12H,4,8-10,16H2,1-3H3. The molecule has 1 aromatic rings. The first-order chi connectivity index (χ1) is 9.11. The minimum Gasteiger partial charge on any atom is -0.489 e. The van der Waals surface area contributed by atoms with Crippen LogP contribution in [0.5, 0.6) is 5.75 Å². The Labute approximate surface area is 120 Å². The van der Waals surface area contributed by atoms with Crippen LogP contribution in [0.3, 0.4) is 0 Å². The molecule has 1 heterocycles. The highest BCUT2D eigenvalue weighted by Crippen LogP contribution is 2.35. The Morgan fingerprint density at radius 3 is 2.95 bits per heavy atom. The number of thioether (sulfide) groups is 1. The molecule has 1 aliphatic heterocycles. The number of nitrogen functional groups attached to an aromatic ring is 1. The topological polar surface area (TPSA) is 38.5 Å². The summed E-state index contributed by atoms with van der Waals surface area (Å²) in [5.74, 6) is 1.98. The van der Waals surface area contributed by atoms with E-state index in [-0.39, 0.29) is 6.10 Å². The Bertz CT molecular complexity index is 423. The Morgan fingerprint density at radius 2 is 2.26 bits per heavy atom. The van der Waals surface area contributed by atoms with Gasteiger partial charge < -0.3 is 15.4 Å². The maximum atomic E-state index is 6.28. The van der Waals surface area contributed by atoms with Crippen LogP contribution < -0.4 is 15.4 Å². The summed E-state index contributed by atoms with van der Waals surface area (Å²) in [5.41, 5.74) is 8.17. The third kappa shape index (κ3) is 3.50. The molecule has 106 valence electrons. The minimum absolute atomic E-state index is 0.151. The molecule has 4 heteroatoms. The van der Waals surface area contributed by atoms with Crippen molar-refractivity contribution in [2.75, 3.05) is 29.5 Å². The van der Waals surface area contributed by atoms with Crippen molar-refractivity contribution in [2.45, 2.75) is 38.5 Å². The molecular weight excluding hydrogens is 256 g/mol. The van der Waals surface area contributed by atoms with E-state index >= 15 is 0 Å². The second kappa shape index (κ2) is 6.42. The van der Waals surface area contributed by atoms with Crippen molar-refractivity contribution < 1.29 is 4.74 Å². The first kappa shape index (κ1) is 14.4. The number of anilines is 2. The van der Waals surface area contributed by atoms with Crippen molar-refractivity contribution in [2.24, 2.45) is 0 Å². The van der Waals surface area contributed by atoms with E-state index in [0.29, 0.717) is 5.25 Å². The summed E-state index contributed by atoms with van der Waals surface area (Å²) in [7, 11) is 0. The lowest BCUT2D eigenvalue weighted by Gasteiger charge is -2.34. The Kier molecular flexibility index (Phi) is 4.86. The van der Waals surface area contributed by atoms with Crippen LogP contribution in [0, 0.1) is 0 Å². The molecule has 1 unspecified atom stereocenters. The van der Waals surface area contributed by atoms with Gasteiger partial charge in [-0.15, -0.1) is 0 Å². The lowest BCUT2D eigenvalue weighted by Crippen LogP contribution is -2.38. The summed E-state index contributed by atoms with van der Waals surface area (Å²) in [4.78, 5) is 2.40. The molecule has 1 atom stereocenters. The highest BCUT2D eigenvalue weighted by Gasteiger charge is 2.21. The molecule has 0 bridgehead atoms. The molecule has 0 spiro atoms. The highest BCUT2D eigenvalue weighted by molar-refractivity contribution is 8.00. The summed E-state index contributed by atoms with van der Waals surface area (Å²) in [6, 6.07) is 6.09. The quantitative estimate of drug-likeness (QED) is 0.858. The van der Waals surface area contributed by atoms with Crippen LogP contribution in [0.4, 0.5) is 11.4 Å². The molecule has 0 amide bonds. The van der Waals surface area contributed by atoms with Gasteiger partial charge in [0.15, 0.2) is 0 Å². The van der Waals surface area contributed by atoms with Gasteiger partial charge in [-0.3, -0.25) is 0 Å². The third-order valence-corrected chi connectivity index (χ3v) is 4.71. The van der Waals surface area contributed by atoms with E-state index < -0.39 is 0 Å². The molecule has 2 N–H and O–H groups in total. The number of hydrogen-bond acceptors (Lipinski definition) is 4. The zero-order valence-electron chi connectivity index (χ0n) is 12.1. The average molecular weight is 280 g/mol. The lowest BCUT2D eigenvalue weighted by molar-refractivity contribution is 0.244. The van der Waals surface area contributed by atoms with Gasteiger partial charge in [0.05, 0.1) is 17.5 Å². The van der Waals surface area contributed by atoms with E-state index in [1.54, 1.807) is 0 Å². The number of para-hydroxylation sites is 1. The molecule has 0 saturated carbocycles. The normalized spacial score (nSPS) is 19.8. The molecule has 1 aliphatic rings. The van der Waals surface area contributed by atoms with Gasteiger partial charge in [0.1, 0.15) is 5.75 Å². The van der Waals surface area contributed by atoms with Gasteiger partial charge in [-0.25, -0.2) is 0 Å². The smallest absolute Gasteiger partial charge is 0.144 e. The van der Waals surface area contributed by atoms with Crippen molar-refractivity contribution in [1.29, 1.82) is 0 Å². The predicted octanol–water partition coefficient (Wildman–Crippen LogP) is 3.39. The van der Waals surface area contributed by atoms with E-state index in [2.05, 4.69) is 29.7 Å². The fourth-order valence-electron chi connectivity index (χ4n) is 2.35. The van der Waals surface area contributed by atoms with Crippen LogP contribution >= 0.6 is 11.8 Å². The van der Waals surface area contributed by atoms with Crippen LogP contribution in [0.15, 0.2) is 18.2 Å². The minimum atomic E-state index is 0.151. The maximum absolute atomic E-state index is 6.28. The van der Waals surface area contributed by atoms with Crippen LogP contribution in [0.2, 0.25) is 0 Å². The molecule has 2 rings (SSSR count).